The number of aromatic nitrogens is 2. The van der Waals surface area contributed by atoms with E-state index in [2.05, 4.69) is 10.3 Å². The van der Waals surface area contributed by atoms with Gasteiger partial charge in [0.2, 0.25) is 0 Å². The number of hydrogen-bond donors (Lipinski definition) is 1. The van der Waals surface area contributed by atoms with Gasteiger partial charge in [0.05, 0.1) is 11.3 Å². The van der Waals surface area contributed by atoms with E-state index >= 15 is 0 Å². The van der Waals surface area contributed by atoms with E-state index in [0.29, 0.717) is 12.1 Å². The van der Waals surface area contributed by atoms with Crippen molar-refractivity contribution >= 4 is 11.6 Å². The highest BCUT2D eigenvalue weighted by atomic mass is 16.1. The van der Waals surface area contributed by atoms with Crippen LogP contribution in [0.1, 0.15) is 27.2 Å². The van der Waals surface area contributed by atoms with Gasteiger partial charge in [0.1, 0.15) is 5.65 Å². The Hall–Kier alpha value is -2.62. The van der Waals surface area contributed by atoms with Crippen molar-refractivity contribution in [3.8, 4) is 0 Å². The van der Waals surface area contributed by atoms with Crippen molar-refractivity contribution in [1.82, 2.24) is 14.7 Å². The molecule has 0 spiro atoms. The number of benzene rings is 1. The number of amides is 1. The molecule has 4 heteroatoms. The van der Waals surface area contributed by atoms with Crippen LogP contribution in [0.2, 0.25) is 0 Å². The molecule has 1 amide bonds. The minimum atomic E-state index is -0.0798. The molecule has 21 heavy (non-hydrogen) atoms. The van der Waals surface area contributed by atoms with Gasteiger partial charge in [0.25, 0.3) is 5.91 Å². The third kappa shape index (κ3) is 2.94. The van der Waals surface area contributed by atoms with Gasteiger partial charge in [-0.15, -0.1) is 0 Å². The first-order chi connectivity index (χ1) is 10.1. The number of nitrogens with zero attached hydrogens (tertiary/aromatic N) is 2. The Morgan fingerprint density at radius 2 is 1.86 bits per heavy atom. The summed E-state index contributed by atoms with van der Waals surface area (Å²) in [5.74, 6) is -0.0798. The van der Waals surface area contributed by atoms with Crippen molar-refractivity contribution in [3.63, 3.8) is 0 Å². The molecule has 2 aromatic heterocycles. The van der Waals surface area contributed by atoms with Gasteiger partial charge < -0.3 is 9.72 Å². The Bertz CT molecular complexity index is 787. The van der Waals surface area contributed by atoms with E-state index in [1.165, 1.54) is 5.56 Å². The number of imidazole rings is 1. The largest absolute Gasteiger partial charge is 0.348 e. The minimum Gasteiger partial charge on any atom is -0.348 e. The minimum absolute atomic E-state index is 0.0798. The number of hydrogen-bond acceptors (Lipinski definition) is 2. The number of pyridine rings is 1. The van der Waals surface area contributed by atoms with Crippen molar-refractivity contribution in [2.45, 2.75) is 20.4 Å². The number of aryl methyl sites for hydroxylation is 2. The van der Waals surface area contributed by atoms with Crippen molar-refractivity contribution in [1.29, 1.82) is 0 Å². The Balaban J connectivity index is 1.72. The van der Waals surface area contributed by atoms with Crippen LogP contribution in [0.5, 0.6) is 0 Å². The Morgan fingerprint density at radius 3 is 2.62 bits per heavy atom. The molecule has 0 saturated heterocycles. The van der Waals surface area contributed by atoms with Gasteiger partial charge in [0, 0.05) is 18.9 Å². The summed E-state index contributed by atoms with van der Waals surface area (Å²) >= 11 is 0. The number of fused-ring (bicyclic) bond motifs is 1. The van der Waals surface area contributed by atoms with E-state index in [0.717, 1.165) is 16.9 Å². The summed E-state index contributed by atoms with van der Waals surface area (Å²) in [5, 5.41) is 2.93. The van der Waals surface area contributed by atoms with Crippen LogP contribution in [0.3, 0.4) is 0 Å². The molecule has 0 fully saturated rings. The highest BCUT2D eigenvalue weighted by molar-refractivity contribution is 5.94. The summed E-state index contributed by atoms with van der Waals surface area (Å²) in [6.45, 7) is 4.51. The van der Waals surface area contributed by atoms with E-state index in [1.807, 2.05) is 54.8 Å². The molecule has 0 aliphatic carbocycles. The lowest BCUT2D eigenvalue weighted by Crippen LogP contribution is -2.23. The maximum Gasteiger partial charge on any atom is 0.253 e. The smallest absolute Gasteiger partial charge is 0.253 e. The molecule has 0 bridgehead atoms. The number of nitrogens with one attached hydrogen (secondary N) is 1. The molecule has 3 rings (SSSR count). The summed E-state index contributed by atoms with van der Waals surface area (Å²) in [7, 11) is 0. The Morgan fingerprint density at radius 1 is 1.10 bits per heavy atom. The fraction of sp³-hybridized carbons (Fsp3) is 0.176. The summed E-state index contributed by atoms with van der Waals surface area (Å²) in [6.07, 6.45) is 3.71. The molecule has 1 aromatic carbocycles. The van der Waals surface area contributed by atoms with E-state index in [9.17, 15) is 4.79 Å². The van der Waals surface area contributed by atoms with Crippen LogP contribution in [0, 0.1) is 13.8 Å². The molecule has 0 saturated carbocycles. The van der Waals surface area contributed by atoms with Crippen LogP contribution in [-0.2, 0) is 6.54 Å². The number of carbonyl (C=O) groups is 1. The standard InChI is InChI=1S/C17H17N3O/c1-12-3-5-14(6-4-12)9-18-17(21)15-7-8-16-19-13(2)10-20(16)11-15/h3-8,10-11H,9H2,1-2H3,(H,18,21). The maximum atomic E-state index is 12.2. The zero-order valence-corrected chi connectivity index (χ0v) is 12.1. The lowest BCUT2D eigenvalue weighted by Gasteiger charge is -2.06. The Kier molecular flexibility index (Phi) is 3.44. The fourth-order valence-electron chi connectivity index (χ4n) is 2.24. The van der Waals surface area contributed by atoms with E-state index in [1.54, 1.807) is 12.3 Å². The first-order valence-electron chi connectivity index (χ1n) is 6.91. The van der Waals surface area contributed by atoms with Gasteiger partial charge in [-0.2, -0.15) is 0 Å². The molecule has 0 radical (unpaired) electrons. The summed E-state index contributed by atoms with van der Waals surface area (Å²) in [5.41, 5.74) is 4.72. The molecule has 0 unspecified atom stereocenters. The van der Waals surface area contributed by atoms with Crippen LogP contribution in [0.4, 0.5) is 0 Å². The number of rotatable bonds is 3. The average molecular weight is 279 g/mol. The molecule has 0 aliphatic heterocycles. The second-order valence-corrected chi connectivity index (χ2v) is 5.23. The van der Waals surface area contributed by atoms with E-state index < -0.39 is 0 Å². The molecular weight excluding hydrogens is 262 g/mol. The van der Waals surface area contributed by atoms with Crippen molar-refractivity contribution in [2.24, 2.45) is 0 Å². The van der Waals surface area contributed by atoms with Gasteiger partial charge in [-0.05, 0) is 31.5 Å². The third-order valence-electron chi connectivity index (χ3n) is 3.41. The van der Waals surface area contributed by atoms with E-state index in [-0.39, 0.29) is 5.91 Å². The molecule has 3 aromatic rings. The molecule has 0 aliphatic rings. The zero-order chi connectivity index (χ0) is 14.8. The predicted octanol–water partition coefficient (Wildman–Crippen LogP) is 2.88. The SMILES string of the molecule is Cc1ccc(CNC(=O)c2ccc3nc(C)cn3c2)cc1. The van der Waals surface area contributed by atoms with Crippen molar-refractivity contribution < 1.29 is 4.79 Å². The molecule has 0 atom stereocenters. The van der Waals surface area contributed by atoms with Gasteiger partial charge in [0.15, 0.2) is 0 Å². The molecule has 106 valence electrons. The maximum absolute atomic E-state index is 12.2. The fourth-order valence-corrected chi connectivity index (χ4v) is 2.24. The van der Waals surface area contributed by atoms with Crippen LogP contribution < -0.4 is 5.32 Å². The lowest BCUT2D eigenvalue weighted by atomic mass is 10.1. The second kappa shape index (κ2) is 5.40. The van der Waals surface area contributed by atoms with Gasteiger partial charge in [-0.3, -0.25) is 4.79 Å². The third-order valence-corrected chi connectivity index (χ3v) is 3.41. The number of carbonyl (C=O) groups excluding carboxylic acids is 1. The average Bonchev–Trinajstić information content (AvgIpc) is 2.85. The monoisotopic (exact) mass is 279 g/mol. The molecular formula is C17H17N3O. The first-order valence-corrected chi connectivity index (χ1v) is 6.91. The first kappa shape index (κ1) is 13.4. The van der Waals surface area contributed by atoms with Crippen LogP contribution in [0.25, 0.3) is 5.65 Å². The van der Waals surface area contributed by atoms with Crippen LogP contribution in [0.15, 0.2) is 48.8 Å². The summed E-state index contributed by atoms with van der Waals surface area (Å²) in [4.78, 5) is 16.5. The molecule has 1 N–H and O–H groups in total. The van der Waals surface area contributed by atoms with Crippen LogP contribution in [-0.4, -0.2) is 15.3 Å². The van der Waals surface area contributed by atoms with Gasteiger partial charge >= 0.3 is 0 Å². The van der Waals surface area contributed by atoms with Crippen molar-refractivity contribution in [3.05, 3.63) is 71.2 Å². The molecule has 4 nitrogen and oxygen atoms in total. The zero-order valence-electron chi connectivity index (χ0n) is 12.1. The molecule has 2 heterocycles. The Labute approximate surface area is 123 Å². The van der Waals surface area contributed by atoms with E-state index in [4.69, 9.17) is 0 Å². The normalized spacial score (nSPS) is 10.8. The highest BCUT2D eigenvalue weighted by Crippen LogP contribution is 2.08. The highest BCUT2D eigenvalue weighted by Gasteiger charge is 2.07. The second-order valence-electron chi connectivity index (χ2n) is 5.23. The predicted molar refractivity (Wildman–Crippen MR) is 82.3 cm³/mol. The topological polar surface area (TPSA) is 46.4 Å². The quantitative estimate of drug-likeness (QED) is 0.801. The van der Waals surface area contributed by atoms with Crippen molar-refractivity contribution in [2.75, 3.05) is 0 Å². The van der Waals surface area contributed by atoms with Gasteiger partial charge in [-0.25, -0.2) is 4.98 Å². The summed E-state index contributed by atoms with van der Waals surface area (Å²) in [6, 6.07) is 11.8. The summed E-state index contributed by atoms with van der Waals surface area (Å²) < 4.78 is 1.87. The van der Waals surface area contributed by atoms with Crippen LogP contribution >= 0.6 is 0 Å². The van der Waals surface area contributed by atoms with Gasteiger partial charge in [-0.1, -0.05) is 29.8 Å². The lowest BCUT2D eigenvalue weighted by molar-refractivity contribution is 0.0950.